The van der Waals surface area contributed by atoms with E-state index in [-0.39, 0.29) is 0 Å². The fraction of sp³-hybridized carbons (Fsp3) is 0. The minimum absolute atomic E-state index is 1.02. The van der Waals surface area contributed by atoms with Crippen molar-refractivity contribution in [3.05, 3.63) is 19.3 Å². The Balaban J connectivity index is 3.28. The van der Waals surface area contributed by atoms with Gasteiger partial charge in [0.05, 0.1) is 0 Å². The zero-order valence-corrected chi connectivity index (χ0v) is 10.9. The van der Waals surface area contributed by atoms with Crippen LogP contribution in [0.2, 0.25) is 0 Å². The predicted molar refractivity (Wildman–Crippen MR) is 66.4 cm³/mol. The second-order valence-electron chi connectivity index (χ2n) is 1.76. The van der Waals surface area contributed by atoms with Crippen molar-refractivity contribution in [1.82, 2.24) is 0 Å². The van der Waals surface area contributed by atoms with Crippen molar-refractivity contribution < 1.29 is 0 Å². The molecule has 0 aliphatic heterocycles. The van der Waals surface area contributed by atoms with Crippen molar-refractivity contribution in [1.29, 1.82) is 0 Å². The minimum atomic E-state index is 1.02. The molecular weight excluding hydrogens is 390 g/mol. The molecule has 0 aromatic heterocycles. The summed E-state index contributed by atoms with van der Waals surface area (Å²) in [7, 11) is 0. The van der Waals surface area contributed by atoms with Crippen molar-refractivity contribution in [3.8, 4) is 0 Å². The Morgan fingerprint density at radius 2 is 1.20 bits per heavy atom. The van der Waals surface area contributed by atoms with Crippen LogP contribution in [0.4, 0.5) is 0 Å². The predicted octanol–water partition coefficient (Wildman–Crippen LogP) is 3.47. The molecule has 0 saturated carbocycles. The van der Waals surface area contributed by atoms with Crippen molar-refractivity contribution in [2.24, 2.45) is 0 Å². The monoisotopic (exact) mass is 394 g/mol. The van der Waals surface area contributed by atoms with Gasteiger partial charge in [0, 0.05) is 16.9 Å². The van der Waals surface area contributed by atoms with Crippen molar-refractivity contribution in [2.45, 2.75) is 9.79 Å². The number of halogens is 2. The van der Waals surface area contributed by atoms with Crippen molar-refractivity contribution >= 4 is 70.4 Å². The van der Waals surface area contributed by atoms with Gasteiger partial charge in [-0.05, 0) is 57.3 Å². The summed E-state index contributed by atoms with van der Waals surface area (Å²) in [5.41, 5.74) is 0. The molecule has 1 rings (SSSR count). The number of thiol groups is 2. The molecule has 0 unspecified atom stereocenters. The molecule has 0 radical (unpaired) electrons. The Hall–Kier alpha value is 1.38. The summed E-state index contributed by atoms with van der Waals surface area (Å²) < 4.78 is 2.29. The van der Waals surface area contributed by atoms with Gasteiger partial charge in [-0.25, -0.2) is 0 Å². The molecule has 0 saturated heterocycles. The minimum Gasteiger partial charge on any atom is -0.142 e. The van der Waals surface area contributed by atoms with E-state index in [1.54, 1.807) is 0 Å². The third-order valence-electron chi connectivity index (χ3n) is 1.02. The van der Waals surface area contributed by atoms with Crippen LogP contribution in [0.1, 0.15) is 0 Å². The van der Waals surface area contributed by atoms with Gasteiger partial charge in [-0.1, -0.05) is 0 Å². The van der Waals surface area contributed by atoms with Gasteiger partial charge in [0.2, 0.25) is 0 Å². The highest BCUT2D eigenvalue weighted by atomic mass is 127. The summed E-state index contributed by atoms with van der Waals surface area (Å²) in [6.07, 6.45) is 0. The lowest BCUT2D eigenvalue weighted by Crippen LogP contribution is -1.80. The van der Waals surface area contributed by atoms with Crippen LogP contribution in [-0.4, -0.2) is 0 Å². The molecule has 4 heteroatoms. The van der Waals surface area contributed by atoms with Crippen molar-refractivity contribution in [3.63, 3.8) is 0 Å². The number of rotatable bonds is 0. The average molecular weight is 394 g/mol. The van der Waals surface area contributed by atoms with Gasteiger partial charge in [0.25, 0.3) is 0 Å². The fourth-order valence-corrected chi connectivity index (χ4v) is 2.34. The smallest absolute Gasteiger partial charge is 0.0275 e. The Labute approximate surface area is 98.3 Å². The summed E-state index contributed by atoms with van der Waals surface area (Å²) >= 11 is 13.0. The topological polar surface area (TPSA) is 0 Å². The first-order valence-electron chi connectivity index (χ1n) is 2.48. The van der Waals surface area contributed by atoms with Crippen LogP contribution in [0.25, 0.3) is 0 Å². The van der Waals surface area contributed by atoms with E-state index in [9.17, 15) is 0 Å². The van der Waals surface area contributed by atoms with E-state index in [2.05, 4.69) is 70.4 Å². The Bertz CT molecular complexity index is 210. The summed E-state index contributed by atoms with van der Waals surface area (Å²) in [5, 5.41) is 0. The Kier molecular flexibility index (Phi) is 3.66. The molecule has 0 aliphatic carbocycles. The molecule has 54 valence electrons. The van der Waals surface area contributed by atoms with Crippen LogP contribution in [0.3, 0.4) is 0 Å². The van der Waals surface area contributed by atoms with Crippen LogP contribution < -0.4 is 0 Å². The molecule has 0 heterocycles. The molecule has 0 amide bonds. The van der Waals surface area contributed by atoms with Crippen molar-refractivity contribution in [2.75, 3.05) is 0 Å². The largest absolute Gasteiger partial charge is 0.142 e. The zero-order chi connectivity index (χ0) is 7.72. The Morgan fingerprint density at radius 1 is 0.900 bits per heavy atom. The van der Waals surface area contributed by atoms with Gasteiger partial charge < -0.3 is 0 Å². The van der Waals surface area contributed by atoms with E-state index in [1.165, 1.54) is 0 Å². The number of hydrogen-bond donors (Lipinski definition) is 2. The normalized spacial score (nSPS) is 10.0. The molecule has 0 atom stereocenters. The second kappa shape index (κ2) is 3.86. The number of benzene rings is 1. The van der Waals surface area contributed by atoms with Gasteiger partial charge in [0.15, 0.2) is 0 Å². The van der Waals surface area contributed by atoms with E-state index in [1.807, 2.05) is 12.1 Å². The standard InChI is InChI=1S/C6H4I2S2/c7-3-1-5(9)4(8)2-6(3)10/h1-2,9-10H. The average Bonchev–Trinajstić information content (AvgIpc) is 1.84. The molecule has 0 spiro atoms. The van der Waals surface area contributed by atoms with E-state index in [0.717, 1.165) is 16.9 Å². The van der Waals surface area contributed by atoms with Gasteiger partial charge >= 0.3 is 0 Å². The van der Waals surface area contributed by atoms with E-state index in [4.69, 9.17) is 0 Å². The molecule has 0 fully saturated rings. The van der Waals surface area contributed by atoms with Crippen LogP contribution in [0.15, 0.2) is 21.9 Å². The van der Waals surface area contributed by atoms with Gasteiger partial charge in [-0.2, -0.15) is 0 Å². The van der Waals surface area contributed by atoms with Crippen LogP contribution >= 0.6 is 70.4 Å². The maximum atomic E-state index is 4.27. The highest BCUT2D eigenvalue weighted by molar-refractivity contribution is 14.1. The zero-order valence-electron chi connectivity index (χ0n) is 4.81. The molecule has 1 aromatic rings. The Morgan fingerprint density at radius 3 is 1.50 bits per heavy atom. The first-order valence-corrected chi connectivity index (χ1v) is 5.53. The lowest BCUT2D eigenvalue weighted by atomic mass is 10.4. The van der Waals surface area contributed by atoms with Gasteiger partial charge in [-0.3, -0.25) is 0 Å². The maximum absolute atomic E-state index is 4.27. The third kappa shape index (κ3) is 2.18. The highest BCUT2D eigenvalue weighted by Gasteiger charge is 1.99. The van der Waals surface area contributed by atoms with E-state index >= 15 is 0 Å². The second-order valence-corrected chi connectivity index (χ2v) is 5.04. The van der Waals surface area contributed by atoms with Gasteiger partial charge in [-0.15, -0.1) is 25.3 Å². The SMILES string of the molecule is Sc1cc(I)c(S)cc1I. The quantitative estimate of drug-likeness (QED) is 0.489. The van der Waals surface area contributed by atoms with E-state index < -0.39 is 0 Å². The third-order valence-corrected chi connectivity index (χ3v) is 4.39. The first-order chi connectivity index (χ1) is 4.61. The molecule has 0 aliphatic rings. The molecule has 0 bridgehead atoms. The summed E-state index contributed by atoms with van der Waals surface area (Å²) in [4.78, 5) is 2.03. The van der Waals surface area contributed by atoms with Gasteiger partial charge in [0.1, 0.15) is 0 Å². The molecular formula is C6H4I2S2. The molecule has 10 heavy (non-hydrogen) atoms. The van der Waals surface area contributed by atoms with Crippen LogP contribution in [-0.2, 0) is 0 Å². The molecule has 0 nitrogen and oxygen atoms in total. The highest BCUT2D eigenvalue weighted by Crippen LogP contribution is 2.24. The van der Waals surface area contributed by atoms with Crippen LogP contribution in [0.5, 0.6) is 0 Å². The molecule has 0 N–H and O–H groups in total. The maximum Gasteiger partial charge on any atom is 0.0275 e. The fourth-order valence-electron chi connectivity index (χ4n) is 0.526. The van der Waals surface area contributed by atoms with Crippen LogP contribution in [0, 0.1) is 7.14 Å². The lowest BCUT2D eigenvalue weighted by molar-refractivity contribution is 1.28. The first kappa shape index (κ1) is 9.47. The number of hydrogen-bond acceptors (Lipinski definition) is 2. The summed E-state index contributed by atoms with van der Waals surface area (Å²) in [6.45, 7) is 0. The lowest BCUT2D eigenvalue weighted by Gasteiger charge is -2.00. The van der Waals surface area contributed by atoms with E-state index in [0.29, 0.717) is 0 Å². The summed E-state index contributed by atoms with van der Waals surface area (Å²) in [6, 6.07) is 4.02. The molecule has 1 aromatic carbocycles. The summed E-state index contributed by atoms with van der Waals surface area (Å²) in [5.74, 6) is 0.